The summed E-state index contributed by atoms with van der Waals surface area (Å²) in [6.07, 6.45) is 14.8. The van der Waals surface area contributed by atoms with Gasteiger partial charge in [-0.1, -0.05) is 69.2 Å². The van der Waals surface area contributed by atoms with E-state index in [4.69, 9.17) is 5.11 Å². The normalized spacial score (nSPS) is 14.6. The Morgan fingerprint density at radius 3 is 1.96 bits per heavy atom. The van der Waals surface area contributed by atoms with E-state index in [9.17, 15) is 4.79 Å². The Balaban J connectivity index is 1.52. The Labute approximate surface area is 154 Å². The number of hydrogen-bond acceptors (Lipinski definition) is 1. The lowest BCUT2D eigenvalue weighted by Crippen LogP contribution is -2.23. The second kappa shape index (κ2) is 9.99. The van der Waals surface area contributed by atoms with Crippen molar-refractivity contribution in [2.24, 2.45) is 11.3 Å². The van der Waals surface area contributed by atoms with E-state index in [2.05, 4.69) is 24.3 Å². The maximum Gasteiger partial charge on any atom is 0.309 e. The summed E-state index contributed by atoms with van der Waals surface area (Å²) >= 11 is 0. The van der Waals surface area contributed by atoms with E-state index in [1.165, 1.54) is 62.5 Å². The minimum Gasteiger partial charge on any atom is -0.481 e. The molecule has 1 N–H and O–H groups in total. The quantitative estimate of drug-likeness (QED) is 0.420. The van der Waals surface area contributed by atoms with E-state index in [0.29, 0.717) is 0 Å². The van der Waals surface area contributed by atoms with Crippen LogP contribution in [0.4, 0.5) is 0 Å². The average Bonchev–Trinajstić information content (AvgIpc) is 3.40. The molecule has 0 aliphatic heterocycles. The molecule has 0 saturated heterocycles. The van der Waals surface area contributed by atoms with Crippen LogP contribution in [-0.4, -0.2) is 11.1 Å². The van der Waals surface area contributed by atoms with Crippen LogP contribution in [0, 0.1) is 11.3 Å². The van der Waals surface area contributed by atoms with Crippen LogP contribution in [0.2, 0.25) is 0 Å². The second-order valence-corrected chi connectivity index (χ2v) is 8.61. The summed E-state index contributed by atoms with van der Waals surface area (Å²) in [5.74, 6) is 0.387. The maximum absolute atomic E-state index is 11.1. The lowest BCUT2D eigenvalue weighted by molar-refractivity contribution is -0.147. The van der Waals surface area contributed by atoms with Crippen LogP contribution in [0.25, 0.3) is 0 Å². The number of rotatable bonds is 13. The van der Waals surface area contributed by atoms with Gasteiger partial charge in [0, 0.05) is 0 Å². The van der Waals surface area contributed by atoms with E-state index >= 15 is 0 Å². The zero-order valence-corrected chi connectivity index (χ0v) is 16.2. The maximum atomic E-state index is 11.1. The van der Waals surface area contributed by atoms with Gasteiger partial charge in [0.25, 0.3) is 0 Å². The first-order chi connectivity index (χ1) is 12.0. The topological polar surface area (TPSA) is 37.3 Å². The predicted molar refractivity (Wildman–Crippen MR) is 105 cm³/mol. The molecule has 1 fully saturated rings. The molecule has 1 saturated carbocycles. The van der Waals surface area contributed by atoms with Gasteiger partial charge in [0.2, 0.25) is 0 Å². The largest absolute Gasteiger partial charge is 0.481 e. The number of unbranched alkanes of at least 4 members (excludes halogenated alkanes) is 4. The summed E-state index contributed by atoms with van der Waals surface area (Å²) < 4.78 is 0. The second-order valence-electron chi connectivity index (χ2n) is 8.61. The number of benzene rings is 1. The van der Waals surface area contributed by atoms with E-state index in [1.54, 1.807) is 0 Å². The molecule has 0 spiro atoms. The van der Waals surface area contributed by atoms with Crippen LogP contribution in [0.5, 0.6) is 0 Å². The lowest BCUT2D eigenvalue weighted by atomic mass is 9.87. The zero-order valence-electron chi connectivity index (χ0n) is 16.2. The molecule has 0 bridgehead atoms. The van der Waals surface area contributed by atoms with Crippen LogP contribution < -0.4 is 0 Å². The standard InChI is InChI=1S/C23H36O2/c1-23(2,22(24)25)18-8-4-3-5-9-19-12-14-20(15-13-19)10-6-7-11-21-16-17-21/h12-15,21H,3-11,16-18H2,1-2H3,(H,24,25). The van der Waals surface area contributed by atoms with Crippen LogP contribution in [-0.2, 0) is 17.6 Å². The Kier molecular flexibility index (Phi) is 7.99. The molecule has 1 aromatic rings. The Bertz CT molecular complexity index is 511. The third kappa shape index (κ3) is 8.07. The smallest absolute Gasteiger partial charge is 0.309 e. The Hall–Kier alpha value is -1.31. The molecule has 0 unspecified atom stereocenters. The minimum atomic E-state index is -0.680. The van der Waals surface area contributed by atoms with Crippen LogP contribution >= 0.6 is 0 Å². The average molecular weight is 345 g/mol. The summed E-state index contributed by atoms with van der Waals surface area (Å²) in [5, 5.41) is 9.11. The summed E-state index contributed by atoms with van der Waals surface area (Å²) in [6.45, 7) is 3.64. The van der Waals surface area contributed by atoms with Gasteiger partial charge in [0.05, 0.1) is 5.41 Å². The number of hydrogen-bond donors (Lipinski definition) is 1. The molecule has 2 heteroatoms. The molecule has 1 aliphatic rings. The minimum absolute atomic E-state index is 0.575. The van der Waals surface area contributed by atoms with Crippen LogP contribution in [0.1, 0.15) is 89.2 Å². The summed E-state index contributed by atoms with van der Waals surface area (Å²) in [6, 6.07) is 9.21. The summed E-state index contributed by atoms with van der Waals surface area (Å²) in [4.78, 5) is 11.1. The highest BCUT2D eigenvalue weighted by Gasteiger charge is 2.25. The van der Waals surface area contributed by atoms with Crippen molar-refractivity contribution in [2.45, 2.75) is 90.9 Å². The molecule has 0 heterocycles. The Morgan fingerprint density at radius 2 is 1.44 bits per heavy atom. The number of carboxylic acids is 1. The molecule has 1 aliphatic carbocycles. The van der Waals surface area contributed by atoms with Crippen molar-refractivity contribution < 1.29 is 9.90 Å². The highest BCUT2D eigenvalue weighted by atomic mass is 16.4. The van der Waals surface area contributed by atoms with Gasteiger partial charge in [-0.2, -0.15) is 0 Å². The molecule has 0 aromatic heterocycles. The van der Waals surface area contributed by atoms with Crippen molar-refractivity contribution in [2.75, 3.05) is 0 Å². The van der Waals surface area contributed by atoms with E-state index in [-0.39, 0.29) is 0 Å². The number of carboxylic acid groups (broad SMARTS) is 1. The molecule has 140 valence electrons. The third-order valence-electron chi connectivity index (χ3n) is 5.64. The third-order valence-corrected chi connectivity index (χ3v) is 5.64. The van der Waals surface area contributed by atoms with Gasteiger partial charge in [-0.3, -0.25) is 4.79 Å². The molecule has 2 nitrogen and oxygen atoms in total. The van der Waals surface area contributed by atoms with E-state index in [0.717, 1.165) is 31.6 Å². The predicted octanol–water partition coefficient (Wildman–Crippen LogP) is 6.41. The molecule has 0 amide bonds. The number of aliphatic carboxylic acids is 1. The zero-order chi connectivity index (χ0) is 18.1. The van der Waals surface area contributed by atoms with Gasteiger partial charge in [-0.15, -0.1) is 0 Å². The fourth-order valence-electron chi connectivity index (χ4n) is 3.40. The Morgan fingerprint density at radius 1 is 0.920 bits per heavy atom. The monoisotopic (exact) mass is 344 g/mol. The van der Waals surface area contributed by atoms with Crippen molar-refractivity contribution in [3.8, 4) is 0 Å². The molecule has 0 atom stereocenters. The fraction of sp³-hybridized carbons (Fsp3) is 0.696. The highest BCUT2D eigenvalue weighted by Crippen LogP contribution is 2.34. The molecule has 0 radical (unpaired) electrons. The first-order valence-corrected chi connectivity index (χ1v) is 10.3. The molecule has 25 heavy (non-hydrogen) atoms. The van der Waals surface area contributed by atoms with Gasteiger partial charge < -0.3 is 5.11 Å². The van der Waals surface area contributed by atoms with Gasteiger partial charge in [0.15, 0.2) is 0 Å². The van der Waals surface area contributed by atoms with Crippen molar-refractivity contribution in [3.05, 3.63) is 35.4 Å². The summed E-state index contributed by atoms with van der Waals surface area (Å²) in [7, 11) is 0. The van der Waals surface area contributed by atoms with Crippen molar-refractivity contribution in [1.29, 1.82) is 0 Å². The molecular formula is C23H36O2. The SMILES string of the molecule is CC(C)(CCCCCCc1ccc(CCCCC2CC2)cc1)C(=O)O. The van der Waals surface area contributed by atoms with Crippen LogP contribution in [0.15, 0.2) is 24.3 Å². The molecular weight excluding hydrogens is 308 g/mol. The van der Waals surface area contributed by atoms with Gasteiger partial charge in [0.1, 0.15) is 0 Å². The summed E-state index contributed by atoms with van der Waals surface area (Å²) in [5.41, 5.74) is 2.34. The van der Waals surface area contributed by atoms with Crippen molar-refractivity contribution in [3.63, 3.8) is 0 Å². The number of aryl methyl sites for hydroxylation is 2. The first-order valence-electron chi connectivity index (χ1n) is 10.3. The fourth-order valence-corrected chi connectivity index (χ4v) is 3.40. The van der Waals surface area contributed by atoms with Gasteiger partial charge in [-0.25, -0.2) is 0 Å². The van der Waals surface area contributed by atoms with E-state index in [1.807, 2.05) is 13.8 Å². The van der Waals surface area contributed by atoms with Crippen LogP contribution in [0.3, 0.4) is 0 Å². The number of carbonyl (C=O) groups is 1. The van der Waals surface area contributed by atoms with E-state index < -0.39 is 11.4 Å². The molecule has 1 aromatic carbocycles. The highest BCUT2D eigenvalue weighted by molar-refractivity contribution is 5.73. The lowest BCUT2D eigenvalue weighted by Gasteiger charge is -2.18. The van der Waals surface area contributed by atoms with Crippen molar-refractivity contribution >= 4 is 5.97 Å². The van der Waals surface area contributed by atoms with Gasteiger partial charge in [-0.05, 0) is 63.0 Å². The van der Waals surface area contributed by atoms with Crippen molar-refractivity contribution in [1.82, 2.24) is 0 Å². The first kappa shape index (κ1) is 20.0. The van der Waals surface area contributed by atoms with Gasteiger partial charge >= 0.3 is 5.97 Å². The molecule has 2 rings (SSSR count).